The molecule has 25 heavy (non-hydrogen) atoms. The van der Waals surface area contributed by atoms with Gasteiger partial charge in [0.1, 0.15) is 6.04 Å². The molecule has 0 saturated carbocycles. The van der Waals surface area contributed by atoms with E-state index in [9.17, 15) is 4.79 Å². The van der Waals surface area contributed by atoms with Crippen LogP contribution in [0.5, 0.6) is 0 Å². The quantitative estimate of drug-likeness (QED) is 0.794. The van der Waals surface area contributed by atoms with Crippen LogP contribution in [0.3, 0.4) is 0 Å². The summed E-state index contributed by atoms with van der Waals surface area (Å²) in [6, 6.07) is 10.1. The molecular formula is C19H29ClN4O. The molecule has 0 saturated heterocycles. The molecule has 0 bridgehead atoms. The van der Waals surface area contributed by atoms with Crippen molar-refractivity contribution in [1.82, 2.24) is 20.4 Å². The monoisotopic (exact) mass is 364 g/mol. The first-order valence-corrected chi connectivity index (χ1v) is 8.35. The van der Waals surface area contributed by atoms with Crippen molar-refractivity contribution < 1.29 is 4.79 Å². The highest BCUT2D eigenvalue weighted by Gasteiger charge is 2.26. The largest absolute Gasteiger partial charge is 0.352 e. The van der Waals surface area contributed by atoms with Crippen LogP contribution in [-0.4, -0.2) is 28.8 Å². The number of carbonyl (C=O) groups excluding carboxylic acids is 1. The molecule has 1 aromatic carbocycles. The summed E-state index contributed by atoms with van der Waals surface area (Å²) in [5, 5.41) is 10.3. The number of likely N-dealkylation sites (N-methyl/N-ethyl adjacent to an activating group) is 1. The lowest BCUT2D eigenvalue weighted by molar-refractivity contribution is -0.123. The summed E-state index contributed by atoms with van der Waals surface area (Å²) in [6.07, 6.45) is 4.45. The van der Waals surface area contributed by atoms with Crippen LogP contribution in [0.15, 0.2) is 42.7 Å². The van der Waals surface area contributed by atoms with Gasteiger partial charge in [-0.2, -0.15) is 5.10 Å². The standard InChI is InChI=1S/C19H28N4O.ClH/c1-14(11-19(2,3)16-9-7-6-8-10-16)22-18(24)17(20-4)15-12-21-23(5)13-15;/h6-10,12-14,17,20H,11H2,1-5H3,(H,22,24);1H. The second-order valence-electron chi connectivity index (χ2n) is 7.03. The first-order valence-electron chi connectivity index (χ1n) is 8.35. The molecule has 2 rings (SSSR count). The summed E-state index contributed by atoms with van der Waals surface area (Å²) in [4.78, 5) is 12.6. The lowest BCUT2D eigenvalue weighted by atomic mass is 9.79. The second kappa shape index (κ2) is 9.02. The molecule has 0 spiro atoms. The molecule has 6 heteroatoms. The van der Waals surface area contributed by atoms with Gasteiger partial charge in [-0.05, 0) is 31.4 Å². The molecule has 2 N–H and O–H groups in total. The number of carbonyl (C=O) groups is 1. The SMILES string of the molecule is CNC(C(=O)NC(C)CC(C)(C)c1ccccc1)c1cnn(C)c1.Cl. The summed E-state index contributed by atoms with van der Waals surface area (Å²) in [6.45, 7) is 6.47. The Hall–Kier alpha value is -1.85. The Bertz CT molecular complexity index is 669. The highest BCUT2D eigenvalue weighted by molar-refractivity contribution is 5.85. The predicted molar refractivity (Wildman–Crippen MR) is 104 cm³/mol. The molecule has 2 unspecified atom stereocenters. The summed E-state index contributed by atoms with van der Waals surface area (Å²) in [5.41, 5.74) is 2.15. The van der Waals surface area contributed by atoms with Crippen LogP contribution in [0.1, 0.15) is 44.4 Å². The van der Waals surface area contributed by atoms with E-state index in [1.165, 1.54) is 5.56 Å². The highest BCUT2D eigenvalue weighted by atomic mass is 35.5. The number of nitrogens with one attached hydrogen (secondary N) is 2. The van der Waals surface area contributed by atoms with E-state index in [2.05, 4.69) is 60.8 Å². The van der Waals surface area contributed by atoms with Gasteiger partial charge in [0, 0.05) is 24.8 Å². The van der Waals surface area contributed by atoms with Crippen molar-refractivity contribution in [2.45, 2.75) is 44.7 Å². The first kappa shape index (κ1) is 21.2. The number of amides is 1. The number of halogens is 1. The Labute approximate surface area is 156 Å². The molecule has 0 aliphatic carbocycles. The van der Waals surface area contributed by atoms with Crippen molar-refractivity contribution in [2.75, 3.05) is 7.05 Å². The van der Waals surface area contributed by atoms with E-state index in [1.54, 1.807) is 17.9 Å². The van der Waals surface area contributed by atoms with Crippen LogP contribution in [0, 0.1) is 0 Å². The van der Waals surface area contributed by atoms with E-state index in [1.807, 2.05) is 19.3 Å². The van der Waals surface area contributed by atoms with Crippen molar-refractivity contribution >= 4 is 18.3 Å². The molecule has 0 fully saturated rings. The van der Waals surface area contributed by atoms with Gasteiger partial charge in [0.25, 0.3) is 0 Å². The summed E-state index contributed by atoms with van der Waals surface area (Å²) in [5.74, 6) is -0.0261. The molecule has 1 aromatic heterocycles. The minimum Gasteiger partial charge on any atom is -0.352 e. The second-order valence-corrected chi connectivity index (χ2v) is 7.03. The van der Waals surface area contributed by atoms with Crippen LogP contribution in [0.2, 0.25) is 0 Å². The lowest BCUT2D eigenvalue weighted by Crippen LogP contribution is -2.42. The minimum atomic E-state index is -0.388. The van der Waals surface area contributed by atoms with Gasteiger partial charge in [-0.1, -0.05) is 44.2 Å². The van der Waals surface area contributed by atoms with Gasteiger partial charge >= 0.3 is 0 Å². The Kier molecular flexibility index (Phi) is 7.64. The third-order valence-electron chi connectivity index (χ3n) is 4.37. The van der Waals surface area contributed by atoms with Gasteiger partial charge < -0.3 is 10.6 Å². The molecule has 1 amide bonds. The van der Waals surface area contributed by atoms with Crippen molar-refractivity contribution in [3.8, 4) is 0 Å². The molecule has 138 valence electrons. The normalized spacial score (nSPS) is 13.6. The topological polar surface area (TPSA) is 59.0 Å². The zero-order chi connectivity index (χ0) is 17.7. The van der Waals surface area contributed by atoms with Crippen molar-refractivity contribution in [3.05, 3.63) is 53.9 Å². The van der Waals surface area contributed by atoms with E-state index in [-0.39, 0.29) is 35.8 Å². The molecule has 5 nitrogen and oxygen atoms in total. The Morgan fingerprint density at radius 2 is 1.92 bits per heavy atom. The van der Waals surface area contributed by atoms with Gasteiger partial charge in [0.2, 0.25) is 5.91 Å². The Morgan fingerprint density at radius 3 is 2.44 bits per heavy atom. The fourth-order valence-corrected chi connectivity index (χ4v) is 3.19. The molecule has 2 atom stereocenters. The van der Waals surface area contributed by atoms with Crippen LogP contribution >= 0.6 is 12.4 Å². The van der Waals surface area contributed by atoms with Crippen molar-refractivity contribution in [1.29, 1.82) is 0 Å². The van der Waals surface area contributed by atoms with Gasteiger partial charge in [0.05, 0.1) is 6.20 Å². The minimum absolute atomic E-state index is 0. The van der Waals surface area contributed by atoms with E-state index < -0.39 is 0 Å². The van der Waals surface area contributed by atoms with Gasteiger partial charge in [0.15, 0.2) is 0 Å². The van der Waals surface area contributed by atoms with E-state index in [0.717, 1.165) is 12.0 Å². The van der Waals surface area contributed by atoms with Crippen LogP contribution in [0.25, 0.3) is 0 Å². The maximum atomic E-state index is 12.6. The predicted octanol–water partition coefficient (Wildman–Crippen LogP) is 2.98. The number of aromatic nitrogens is 2. The third-order valence-corrected chi connectivity index (χ3v) is 4.37. The fraction of sp³-hybridized carbons (Fsp3) is 0.474. The molecular weight excluding hydrogens is 336 g/mol. The number of hydrogen-bond acceptors (Lipinski definition) is 3. The summed E-state index contributed by atoms with van der Waals surface area (Å²) in [7, 11) is 3.63. The zero-order valence-electron chi connectivity index (χ0n) is 15.6. The first-order chi connectivity index (χ1) is 11.3. The molecule has 0 aliphatic rings. The number of rotatable bonds is 7. The molecule has 2 aromatic rings. The highest BCUT2D eigenvalue weighted by Crippen LogP contribution is 2.28. The van der Waals surface area contributed by atoms with E-state index in [4.69, 9.17) is 0 Å². The average molecular weight is 365 g/mol. The third kappa shape index (κ3) is 5.58. The van der Waals surface area contributed by atoms with Crippen LogP contribution in [-0.2, 0) is 17.3 Å². The molecule has 0 radical (unpaired) electrons. The number of aryl methyl sites for hydroxylation is 1. The maximum absolute atomic E-state index is 12.6. The molecule has 0 aliphatic heterocycles. The zero-order valence-corrected chi connectivity index (χ0v) is 16.4. The molecule has 1 heterocycles. The number of benzene rings is 1. The smallest absolute Gasteiger partial charge is 0.242 e. The van der Waals surface area contributed by atoms with E-state index in [0.29, 0.717) is 0 Å². The van der Waals surface area contributed by atoms with Gasteiger partial charge in [-0.25, -0.2) is 0 Å². The Morgan fingerprint density at radius 1 is 1.28 bits per heavy atom. The lowest BCUT2D eigenvalue weighted by Gasteiger charge is -2.30. The van der Waals surface area contributed by atoms with Crippen LogP contribution in [0.4, 0.5) is 0 Å². The van der Waals surface area contributed by atoms with Crippen molar-refractivity contribution in [2.24, 2.45) is 7.05 Å². The maximum Gasteiger partial charge on any atom is 0.242 e. The fourth-order valence-electron chi connectivity index (χ4n) is 3.19. The van der Waals surface area contributed by atoms with Crippen molar-refractivity contribution in [3.63, 3.8) is 0 Å². The number of hydrogen-bond donors (Lipinski definition) is 2. The van der Waals surface area contributed by atoms with Gasteiger partial charge in [-0.3, -0.25) is 9.48 Å². The average Bonchev–Trinajstić information content (AvgIpc) is 2.94. The summed E-state index contributed by atoms with van der Waals surface area (Å²) >= 11 is 0. The van der Waals surface area contributed by atoms with Crippen LogP contribution < -0.4 is 10.6 Å². The summed E-state index contributed by atoms with van der Waals surface area (Å²) < 4.78 is 1.70. The Balaban J connectivity index is 0.00000312. The van der Waals surface area contributed by atoms with E-state index >= 15 is 0 Å². The van der Waals surface area contributed by atoms with Gasteiger partial charge in [-0.15, -0.1) is 12.4 Å². The number of nitrogens with zero attached hydrogens (tertiary/aromatic N) is 2.